The van der Waals surface area contributed by atoms with Crippen molar-refractivity contribution in [1.29, 1.82) is 0 Å². The molecule has 1 heterocycles. The monoisotopic (exact) mass is 272 g/mol. The summed E-state index contributed by atoms with van der Waals surface area (Å²) in [4.78, 5) is 4.68. The lowest BCUT2D eigenvalue weighted by Crippen LogP contribution is -2.30. The first kappa shape index (κ1) is 12.8. The molecule has 1 aliphatic rings. The molecule has 1 N–H and O–H groups in total. The maximum atomic E-state index is 4.68. The molecule has 2 aromatic rings. The van der Waals surface area contributed by atoms with Crippen molar-refractivity contribution in [1.82, 2.24) is 4.98 Å². The standard InChI is InChI=1S/C16H20N2S/c1-19-16(10-4-5-11-16)12-17-15-9-8-13-6-2-3-7-14(13)18-15/h2-3,6-9H,4-5,10-12H2,1H3,(H,17,18). The minimum Gasteiger partial charge on any atom is -0.369 e. The lowest BCUT2D eigenvalue weighted by Gasteiger charge is -2.27. The summed E-state index contributed by atoms with van der Waals surface area (Å²) in [6.07, 6.45) is 7.63. The van der Waals surface area contributed by atoms with Gasteiger partial charge in [-0.2, -0.15) is 11.8 Å². The van der Waals surface area contributed by atoms with Gasteiger partial charge in [0.1, 0.15) is 5.82 Å². The number of aromatic nitrogens is 1. The van der Waals surface area contributed by atoms with Crippen LogP contribution in [0.15, 0.2) is 36.4 Å². The zero-order chi connectivity index (χ0) is 13.1. The Morgan fingerprint density at radius 1 is 1.16 bits per heavy atom. The molecule has 3 rings (SSSR count). The molecule has 0 atom stereocenters. The first-order chi connectivity index (χ1) is 9.31. The number of anilines is 1. The highest BCUT2D eigenvalue weighted by atomic mass is 32.2. The number of pyridine rings is 1. The Kier molecular flexibility index (Phi) is 3.65. The zero-order valence-corrected chi connectivity index (χ0v) is 12.2. The molecule has 0 spiro atoms. The average molecular weight is 272 g/mol. The van der Waals surface area contributed by atoms with Crippen LogP contribution in [0.4, 0.5) is 5.82 Å². The third-order valence-corrected chi connectivity index (χ3v) is 5.56. The van der Waals surface area contributed by atoms with Gasteiger partial charge in [0.25, 0.3) is 0 Å². The molecule has 1 saturated carbocycles. The fraction of sp³-hybridized carbons (Fsp3) is 0.438. The number of hydrogen-bond donors (Lipinski definition) is 1. The summed E-state index contributed by atoms with van der Waals surface area (Å²) in [7, 11) is 0. The van der Waals surface area contributed by atoms with Crippen molar-refractivity contribution >= 4 is 28.5 Å². The lowest BCUT2D eigenvalue weighted by atomic mass is 10.1. The van der Waals surface area contributed by atoms with Crippen molar-refractivity contribution in [2.24, 2.45) is 0 Å². The number of para-hydroxylation sites is 1. The van der Waals surface area contributed by atoms with Crippen LogP contribution in [0.25, 0.3) is 10.9 Å². The van der Waals surface area contributed by atoms with Gasteiger partial charge in [-0.3, -0.25) is 0 Å². The third-order valence-electron chi connectivity index (χ3n) is 4.14. The topological polar surface area (TPSA) is 24.9 Å². The second-order valence-corrected chi connectivity index (χ2v) is 6.61. The van der Waals surface area contributed by atoms with Crippen LogP contribution in [0.2, 0.25) is 0 Å². The first-order valence-corrected chi connectivity index (χ1v) is 8.19. The van der Waals surface area contributed by atoms with E-state index in [9.17, 15) is 0 Å². The van der Waals surface area contributed by atoms with E-state index in [4.69, 9.17) is 0 Å². The second kappa shape index (κ2) is 5.41. The summed E-state index contributed by atoms with van der Waals surface area (Å²) in [6, 6.07) is 12.5. The molecule has 1 aliphatic carbocycles. The Hall–Kier alpha value is -1.22. The smallest absolute Gasteiger partial charge is 0.126 e. The van der Waals surface area contributed by atoms with Crippen LogP contribution in [-0.4, -0.2) is 22.5 Å². The molecule has 1 fully saturated rings. The summed E-state index contributed by atoms with van der Waals surface area (Å²) in [5.74, 6) is 0.999. The van der Waals surface area contributed by atoms with E-state index in [-0.39, 0.29) is 0 Å². The van der Waals surface area contributed by atoms with Crippen molar-refractivity contribution in [3.05, 3.63) is 36.4 Å². The van der Waals surface area contributed by atoms with Gasteiger partial charge in [0, 0.05) is 16.7 Å². The largest absolute Gasteiger partial charge is 0.369 e. The molecule has 0 bridgehead atoms. The molecule has 1 aromatic heterocycles. The Morgan fingerprint density at radius 3 is 2.74 bits per heavy atom. The van der Waals surface area contributed by atoms with Gasteiger partial charge in [-0.05, 0) is 37.3 Å². The number of nitrogens with one attached hydrogen (secondary N) is 1. The van der Waals surface area contributed by atoms with Gasteiger partial charge in [-0.15, -0.1) is 0 Å². The van der Waals surface area contributed by atoms with Gasteiger partial charge in [-0.25, -0.2) is 4.98 Å². The Balaban J connectivity index is 1.74. The van der Waals surface area contributed by atoms with Gasteiger partial charge < -0.3 is 5.32 Å². The molecular formula is C16H20N2S. The maximum Gasteiger partial charge on any atom is 0.126 e. The Labute approximate surface area is 119 Å². The molecule has 0 radical (unpaired) electrons. The predicted octanol–water partition coefficient (Wildman–Crippen LogP) is 4.32. The maximum absolute atomic E-state index is 4.68. The first-order valence-electron chi connectivity index (χ1n) is 6.96. The van der Waals surface area contributed by atoms with Gasteiger partial charge in [-0.1, -0.05) is 31.0 Å². The number of fused-ring (bicyclic) bond motifs is 1. The molecule has 0 aliphatic heterocycles. The van der Waals surface area contributed by atoms with Crippen LogP contribution in [0.1, 0.15) is 25.7 Å². The Morgan fingerprint density at radius 2 is 1.95 bits per heavy atom. The molecule has 1 aromatic carbocycles. The van der Waals surface area contributed by atoms with Crippen molar-refractivity contribution < 1.29 is 0 Å². The molecule has 100 valence electrons. The molecule has 0 unspecified atom stereocenters. The Bertz CT molecular complexity index is 561. The molecule has 19 heavy (non-hydrogen) atoms. The van der Waals surface area contributed by atoms with Crippen LogP contribution in [0.5, 0.6) is 0 Å². The van der Waals surface area contributed by atoms with E-state index in [0.29, 0.717) is 4.75 Å². The van der Waals surface area contributed by atoms with Crippen LogP contribution >= 0.6 is 11.8 Å². The highest BCUT2D eigenvalue weighted by Crippen LogP contribution is 2.40. The number of benzene rings is 1. The number of thioether (sulfide) groups is 1. The van der Waals surface area contributed by atoms with Crippen LogP contribution in [0, 0.1) is 0 Å². The fourth-order valence-electron chi connectivity index (χ4n) is 2.89. The van der Waals surface area contributed by atoms with E-state index >= 15 is 0 Å². The second-order valence-electron chi connectivity index (χ2n) is 5.34. The quantitative estimate of drug-likeness (QED) is 0.897. The highest BCUT2D eigenvalue weighted by molar-refractivity contribution is 8.00. The molecule has 0 amide bonds. The number of nitrogens with zero attached hydrogens (tertiary/aromatic N) is 1. The lowest BCUT2D eigenvalue weighted by molar-refractivity contribution is 0.639. The molecular weight excluding hydrogens is 252 g/mol. The summed E-state index contributed by atoms with van der Waals surface area (Å²) >= 11 is 2.01. The molecule has 3 heteroatoms. The summed E-state index contributed by atoms with van der Waals surface area (Å²) in [5, 5.41) is 4.74. The predicted molar refractivity (Wildman–Crippen MR) is 84.9 cm³/mol. The summed E-state index contributed by atoms with van der Waals surface area (Å²) < 4.78 is 0.424. The van der Waals surface area contributed by atoms with Crippen LogP contribution in [-0.2, 0) is 0 Å². The number of rotatable bonds is 4. The van der Waals surface area contributed by atoms with Crippen molar-refractivity contribution in [2.45, 2.75) is 30.4 Å². The van der Waals surface area contributed by atoms with E-state index in [2.05, 4.69) is 46.9 Å². The van der Waals surface area contributed by atoms with Crippen molar-refractivity contribution in [3.63, 3.8) is 0 Å². The van der Waals surface area contributed by atoms with Crippen molar-refractivity contribution in [3.8, 4) is 0 Å². The van der Waals surface area contributed by atoms with Crippen molar-refractivity contribution in [2.75, 3.05) is 18.1 Å². The van der Waals surface area contributed by atoms with Gasteiger partial charge in [0.05, 0.1) is 5.52 Å². The molecule has 0 saturated heterocycles. The number of hydrogen-bond acceptors (Lipinski definition) is 3. The van der Waals surface area contributed by atoms with E-state index in [1.165, 1.54) is 31.1 Å². The normalized spacial score (nSPS) is 17.7. The fourth-order valence-corrected chi connectivity index (χ4v) is 3.80. The minimum atomic E-state index is 0.424. The van der Waals surface area contributed by atoms with Crippen LogP contribution < -0.4 is 5.32 Å². The van der Waals surface area contributed by atoms with Gasteiger partial charge in [0.2, 0.25) is 0 Å². The van der Waals surface area contributed by atoms with Crippen LogP contribution in [0.3, 0.4) is 0 Å². The zero-order valence-electron chi connectivity index (χ0n) is 11.4. The average Bonchev–Trinajstić information content (AvgIpc) is 2.94. The molecule has 2 nitrogen and oxygen atoms in total. The SMILES string of the molecule is CSC1(CNc2ccc3ccccc3n2)CCCC1. The third kappa shape index (κ3) is 2.71. The summed E-state index contributed by atoms with van der Waals surface area (Å²) in [6.45, 7) is 1.03. The van der Waals surface area contributed by atoms with E-state index in [1.807, 2.05) is 17.8 Å². The summed E-state index contributed by atoms with van der Waals surface area (Å²) in [5.41, 5.74) is 1.07. The van der Waals surface area contributed by atoms with Gasteiger partial charge >= 0.3 is 0 Å². The van der Waals surface area contributed by atoms with E-state index in [0.717, 1.165) is 17.9 Å². The van der Waals surface area contributed by atoms with Gasteiger partial charge in [0.15, 0.2) is 0 Å². The van der Waals surface area contributed by atoms with E-state index < -0.39 is 0 Å². The van der Waals surface area contributed by atoms with E-state index in [1.54, 1.807) is 0 Å². The highest BCUT2D eigenvalue weighted by Gasteiger charge is 2.32. The minimum absolute atomic E-state index is 0.424.